The Balaban J connectivity index is 1.61. The largest absolute Gasteiger partial charge is 0.452 e. The molecule has 2 aromatic rings. The third kappa shape index (κ3) is 6.39. The molecule has 10 heteroatoms. The molecular weight excluding hydrogens is 446 g/mol. The second-order valence-electron chi connectivity index (χ2n) is 8.11. The number of hydrogen-bond acceptors (Lipinski definition) is 6. The lowest BCUT2D eigenvalue weighted by molar-refractivity contribution is -0.123. The van der Waals surface area contributed by atoms with Crippen LogP contribution in [0.15, 0.2) is 53.4 Å². The van der Waals surface area contributed by atoms with E-state index in [9.17, 15) is 22.8 Å². The van der Waals surface area contributed by atoms with E-state index in [-0.39, 0.29) is 22.9 Å². The topological polar surface area (TPSA) is 122 Å². The van der Waals surface area contributed by atoms with Crippen LogP contribution in [0.4, 0.5) is 4.79 Å². The van der Waals surface area contributed by atoms with Gasteiger partial charge in [0.15, 0.2) is 6.61 Å². The van der Waals surface area contributed by atoms with Crippen LogP contribution >= 0.6 is 0 Å². The van der Waals surface area contributed by atoms with Crippen molar-refractivity contribution >= 4 is 27.9 Å². The van der Waals surface area contributed by atoms with Crippen molar-refractivity contribution in [3.8, 4) is 0 Å². The highest BCUT2D eigenvalue weighted by atomic mass is 32.2. The average Bonchev–Trinajstić information content (AvgIpc) is 2.81. The zero-order valence-electron chi connectivity index (χ0n) is 18.5. The highest BCUT2D eigenvalue weighted by Gasteiger charge is 2.29. The Bertz CT molecular complexity index is 1150. The first-order valence-corrected chi connectivity index (χ1v) is 12.0. The third-order valence-corrected chi connectivity index (χ3v) is 6.90. The first-order chi connectivity index (χ1) is 15.7. The Hall–Kier alpha value is -3.24. The van der Waals surface area contributed by atoms with Crippen LogP contribution in [0, 0.1) is 5.92 Å². The SMILES string of the molecule is CC(C)CNC(=O)NC(=O)COC(=O)c1cccc(S(=O)(=O)N2CCc3ccccc3C2)c1. The standard InChI is InChI=1S/C23H27N3O6S/c1-16(2)13-24-23(29)25-21(27)15-32-22(28)18-8-5-9-20(12-18)33(30,31)26-11-10-17-6-3-4-7-19(17)14-26/h3-9,12,16H,10-11,13-15H2,1-2H3,(H2,24,25,27,29). The maximum absolute atomic E-state index is 13.1. The molecule has 2 aromatic carbocycles. The fourth-order valence-corrected chi connectivity index (χ4v) is 4.79. The van der Waals surface area contributed by atoms with Crippen molar-refractivity contribution in [1.29, 1.82) is 0 Å². The molecule has 33 heavy (non-hydrogen) atoms. The molecule has 1 aliphatic rings. The number of rotatable bonds is 7. The van der Waals surface area contributed by atoms with Crippen molar-refractivity contribution in [2.45, 2.75) is 31.7 Å². The maximum Gasteiger partial charge on any atom is 0.338 e. The smallest absolute Gasteiger partial charge is 0.338 e. The van der Waals surface area contributed by atoms with E-state index in [2.05, 4.69) is 10.6 Å². The number of urea groups is 1. The molecule has 0 saturated heterocycles. The lowest BCUT2D eigenvalue weighted by atomic mass is 10.0. The molecule has 9 nitrogen and oxygen atoms in total. The quantitative estimate of drug-likeness (QED) is 0.594. The van der Waals surface area contributed by atoms with Crippen LogP contribution in [0.1, 0.15) is 35.3 Å². The first kappa shape index (κ1) is 24.4. The number of benzene rings is 2. The summed E-state index contributed by atoms with van der Waals surface area (Å²) in [6.07, 6.45) is 0.608. The molecule has 3 rings (SSSR count). The van der Waals surface area contributed by atoms with Gasteiger partial charge in [-0.05, 0) is 41.7 Å². The van der Waals surface area contributed by atoms with E-state index < -0.39 is 34.5 Å². The van der Waals surface area contributed by atoms with Gasteiger partial charge in [0, 0.05) is 19.6 Å². The Kier molecular flexibility index (Phi) is 7.83. The van der Waals surface area contributed by atoms with Gasteiger partial charge in [0.1, 0.15) is 0 Å². The van der Waals surface area contributed by atoms with Crippen molar-refractivity contribution in [2.75, 3.05) is 19.7 Å². The number of sulfonamides is 1. The average molecular weight is 474 g/mol. The van der Waals surface area contributed by atoms with Gasteiger partial charge in [-0.1, -0.05) is 44.2 Å². The van der Waals surface area contributed by atoms with Crippen LogP contribution in [0.25, 0.3) is 0 Å². The number of amides is 3. The summed E-state index contributed by atoms with van der Waals surface area (Å²) >= 11 is 0. The summed E-state index contributed by atoms with van der Waals surface area (Å²) < 4.78 is 32.6. The molecule has 0 aromatic heterocycles. The zero-order chi connectivity index (χ0) is 24.0. The predicted octanol–water partition coefficient (Wildman–Crippen LogP) is 2.07. The van der Waals surface area contributed by atoms with Crippen molar-refractivity contribution < 1.29 is 27.5 Å². The van der Waals surface area contributed by atoms with Gasteiger partial charge in [-0.3, -0.25) is 10.1 Å². The summed E-state index contributed by atoms with van der Waals surface area (Å²) in [5, 5.41) is 4.57. The van der Waals surface area contributed by atoms with Crippen LogP contribution in [0.3, 0.4) is 0 Å². The van der Waals surface area contributed by atoms with Crippen molar-refractivity contribution in [1.82, 2.24) is 14.9 Å². The van der Waals surface area contributed by atoms with E-state index in [0.717, 1.165) is 11.1 Å². The summed E-state index contributed by atoms with van der Waals surface area (Å²) in [6, 6.07) is 12.5. The monoisotopic (exact) mass is 473 g/mol. The molecule has 1 aliphatic heterocycles. The fourth-order valence-electron chi connectivity index (χ4n) is 3.33. The van der Waals surface area contributed by atoms with E-state index in [1.165, 1.54) is 28.6 Å². The van der Waals surface area contributed by atoms with Crippen LogP contribution in [-0.4, -0.2) is 50.3 Å². The van der Waals surface area contributed by atoms with Crippen LogP contribution < -0.4 is 10.6 Å². The first-order valence-electron chi connectivity index (χ1n) is 10.6. The molecule has 0 saturated carbocycles. The Morgan fingerprint density at radius 1 is 1.06 bits per heavy atom. The number of carbonyl (C=O) groups is 3. The van der Waals surface area contributed by atoms with Crippen molar-refractivity contribution in [2.24, 2.45) is 5.92 Å². The van der Waals surface area contributed by atoms with Crippen molar-refractivity contribution in [3.63, 3.8) is 0 Å². The lowest BCUT2D eigenvalue weighted by Crippen LogP contribution is -2.42. The number of nitrogens with one attached hydrogen (secondary N) is 2. The Morgan fingerprint density at radius 2 is 1.79 bits per heavy atom. The number of hydrogen-bond donors (Lipinski definition) is 2. The van der Waals surface area contributed by atoms with Gasteiger partial charge in [0.05, 0.1) is 10.5 Å². The number of carbonyl (C=O) groups excluding carboxylic acids is 3. The van der Waals surface area contributed by atoms with Gasteiger partial charge in [-0.15, -0.1) is 0 Å². The second-order valence-corrected chi connectivity index (χ2v) is 10.1. The van der Waals surface area contributed by atoms with E-state index in [1.807, 2.05) is 38.1 Å². The van der Waals surface area contributed by atoms with Gasteiger partial charge in [0.2, 0.25) is 10.0 Å². The second kappa shape index (κ2) is 10.6. The van der Waals surface area contributed by atoms with E-state index >= 15 is 0 Å². The third-order valence-electron chi connectivity index (χ3n) is 5.06. The van der Waals surface area contributed by atoms with Gasteiger partial charge in [-0.2, -0.15) is 4.31 Å². The van der Waals surface area contributed by atoms with Crippen LogP contribution in [0.5, 0.6) is 0 Å². The molecule has 0 spiro atoms. The lowest BCUT2D eigenvalue weighted by Gasteiger charge is -2.28. The summed E-state index contributed by atoms with van der Waals surface area (Å²) in [7, 11) is -3.83. The highest BCUT2D eigenvalue weighted by molar-refractivity contribution is 7.89. The van der Waals surface area contributed by atoms with Gasteiger partial charge < -0.3 is 10.1 Å². The summed E-state index contributed by atoms with van der Waals surface area (Å²) in [5.74, 6) is -1.44. The molecule has 0 fully saturated rings. The molecule has 0 bridgehead atoms. The highest BCUT2D eigenvalue weighted by Crippen LogP contribution is 2.25. The summed E-state index contributed by atoms with van der Waals surface area (Å²) in [4.78, 5) is 35.7. The molecule has 1 heterocycles. The molecule has 3 amide bonds. The number of esters is 1. The minimum absolute atomic E-state index is 0.00876. The van der Waals surface area contributed by atoms with E-state index in [1.54, 1.807) is 0 Å². The van der Waals surface area contributed by atoms with Gasteiger partial charge in [0.25, 0.3) is 5.91 Å². The number of nitrogens with zero attached hydrogens (tertiary/aromatic N) is 1. The normalized spacial score (nSPS) is 13.8. The number of ether oxygens (including phenoxy) is 1. The fraction of sp³-hybridized carbons (Fsp3) is 0.348. The van der Waals surface area contributed by atoms with Crippen LogP contribution in [-0.2, 0) is 32.5 Å². The summed E-state index contributed by atoms with van der Waals surface area (Å²) in [5.41, 5.74) is 2.06. The maximum atomic E-state index is 13.1. The predicted molar refractivity (Wildman–Crippen MR) is 121 cm³/mol. The summed E-state index contributed by atoms with van der Waals surface area (Å²) in [6.45, 7) is 4.13. The van der Waals surface area contributed by atoms with E-state index in [4.69, 9.17) is 4.74 Å². The molecule has 176 valence electrons. The van der Waals surface area contributed by atoms with Crippen molar-refractivity contribution in [3.05, 3.63) is 65.2 Å². The Morgan fingerprint density at radius 3 is 2.52 bits per heavy atom. The van der Waals surface area contributed by atoms with E-state index in [0.29, 0.717) is 19.5 Å². The molecule has 0 radical (unpaired) electrons. The number of imide groups is 1. The minimum atomic E-state index is -3.83. The molecule has 2 N–H and O–H groups in total. The van der Waals surface area contributed by atoms with Gasteiger partial charge in [-0.25, -0.2) is 18.0 Å². The zero-order valence-corrected chi connectivity index (χ0v) is 19.4. The molecule has 0 atom stereocenters. The minimum Gasteiger partial charge on any atom is -0.452 e. The van der Waals surface area contributed by atoms with Gasteiger partial charge >= 0.3 is 12.0 Å². The van der Waals surface area contributed by atoms with Crippen LogP contribution in [0.2, 0.25) is 0 Å². The number of fused-ring (bicyclic) bond motifs is 1. The Labute approximate surface area is 193 Å². The molecule has 0 unspecified atom stereocenters. The molecular formula is C23H27N3O6S. The molecule has 0 aliphatic carbocycles.